The third kappa shape index (κ3) is 4.00. The average Bonchev–Trinajstić information content (AvgIpc) is 2.71. The maximum atomic E-state index is 12.7. The lowest BCUT2D eigenvalue weighted by Crippen LogP contribution is -2.49. The predicted molar refractivity (Wildman–Crippen MR) is 114 cm³/mol. The van der Waals surface area contributed by atoms with Gasteiger partial charge in [-0.3, -0.25) is 4.79 Å². The van der Waals surface area contributed by atoms with Gasteiger partial charge in [-0.15, -0.1) is 0 Å². The Labute approximate surface area is 183 Å². The molecule has 0 radical (unpaired) electrons. The smallest absolute Gasteiger partial charge is 0.355 e. The van der Waals surface area contributed by atoms with E-state index in [9.17, 15) is 18.0 Å². The highest BCUT2D eigenvalue weighted by Crippen LogP contribution is 2.35. The van der Waals surface area contributed by atoms with Gasteiger partial charge in [-0.1, -0.05) is 6.92 Å². The Bertz CT molecular complexity index is 1010. The van der Waals surface area contributed by atoms with Crippen molar-refractivity contribution in [2.45, 2.75) is 57.4 Å². The highest BCUT2D eigenvalue weighted by Gasteiger charge is 2.36. The zero-order valence-electron chi connectivity index (χ0n) is 18.2. The minimum Gasteiger partial charge on any atom is -0.355 e. The number of alkyl halides is 3. The number of likely N-dealkylation sites (N-methyl/N-ethyl adjacent to an activating group) is 1. The van der Waals surface area contributed by atoms with E-state index in [4.69, 9.17) is 0 Å². The third-order valence-electron chi connectivity index (χ3n) is 6.09. The fourth-order valence-corrected chi connectivity index (χ4v) is 4.05. The summed E-state index contributed by atoms with van der Waals surface area (Å²) < 4.78 is 38.0. The molecule has 2 aromatic heterocycles. The van der Waals surface area contributed by atoms with E-state index in [0.717, 1.165) is 25.2 Å². The van der Waals surface area contributed by atoms with Gasteiger partial charge in [0.15, 0.2) is 11.5 Å². The number of nitrogens with one attached hydrogen (secondary N) is 2. The molecule has 1 aliphatic heterocycles. The molecule has 1 atom stereocenters. The van der Waals surface area contributed by atoms with Gasteiger partial charge in [-0.05, 0) is 26.2 Å². The summed E-state index contributed by atoms with van der Waals surface area (Å²) in [7, 11) is 3.64. The molecule has 0 unspecified atom stereocenters. The summed E-state index contributed by atoms with van der Waals surface area (Å²) in [5, 5.41) is 6.22. The van der Waals surface area contributed by atoms with Crippen molar-refractivity contribution in [3.05, 3.63) is 23.8 Å². The molecule has 172 valence electrons. The number of amides is 1. The molecule has 2 aliphatic rings. The number of anilines is 4. The van der Waals surface area contributed by atoms with Gasteiger partial charge in [0.2, 0.25) is 11.9 Å². The first kappa shape index (κ1) is 22.0. The molecule has 3 heterocycles. The summed E-state index contributed by atoms with van der Waals surface area (Å²) in [4.78, 5) is 32.4. The Morgan fingerprint density at radius 2 is 1.97 bits per heavy atom. The van der Waals surface area contributed by atoms with Gasteiger partial charge >= 0.3 is 6.18 Å². The number of fused-ring (bicyclic) bond motifs is 1. The molecular formula is C20H25F3N8O. The molecule has 1 amide bonds. The summed E-state index contributed by atoms with van der Waals surface area (Å²) in [5.41, 5.74) is 0.300. The summed E-state index contributed by atoms with van der Waals surface area (Å²) >= 11 is 0. The van der Waals surface area contributed by atoms with Gasteiger partial charge in [0.05, 0.1) is 18.1 Å². The van der Waals surface area contributed by atoms with Crippen molar-refractivity contribution >= 4 is 29.2 Å². The normalized spacial score (nSPS) is 22.7. The van der Waals surface area contributed by atoms with Crippen LogP contribution in [0.4, 0.5) is 36.4 Å². The Kier molecular flexibility index (Phi) is 5.55. The van der Waals surface area contributed by atoms with Crippen molar-refractivity contribution in [3.63, 3.8) is 0 Å². The standard InChI is InChI=1S/C20H25F3N8O/c1-5-13-18(32)28-16-10(2)26-19(29-17(16)31(13)4)27-11-6-12(7-11)30(3)15-9-24-14(8-25-15)20(21,22)23/h8-9,11-13H,5-7H2,1-4H3,(H,28,32)(H,26,27,29)/t11-,12+,13-/m0/s1. The first-order chi connectivity index (χ1) is 15.1. The topological polar surface area (TPSA) is 99.2 Å². The van der Waals surface area contributed by atoms with Crippen LogP contribution in [0.5, 0.6) is 0 Å². The lowest BCUT2D eigenvalue weighted by atomic mass is 9.86. The molecule has 0 saturated heterocycles. The molecule has 32 heavy (non-hydrogen) atoms. The van der Waals surface area contributed by atoms with E-state index in [1.165, 1.54) is 0 Å². The highest BCUT2D eigenvalue weighted by molar-refractivity contribution is 6.03. The van der Waals surface area contributed by atoms with E-state index in [1.54, 1.807) is 7.05 Å². The summed E-state index contributed by atoms with van der Waals surface area (Å²) in [6.07, 6.45) is -0.435. The molecule has 9 nitrogen and oxygen atoms in total. The number of hydrogen-bond acceptors (Lipinski definition) is 8. The molecule has 1 saturated carbocycles. The lowest BCUT2D eigenvalue weighted by molar-refractivity contribution is -0.141. The SMILES string of the molecule is CC[C@H]1C(=O)Nc2c(C)nc(N[C@H]3C[C@@H](N(C)c4cnc(C(F)(F)F)cn4)C3)nc2N1C. The van der Waals surface area contributed by atoms with E-state index in [1.807, 2.05) is 30.7 Å². The van der Waals surface area contributed by atoms with Crippen molar-refractivity contribution in [2.75, 3.05) is 34.5 Å². The second-order valence-electron chi connectivity index (χ2n) is 8.19. The van der Waals surface area contributed by atoms with Crippen molar-refractivity contribution in [3.8, 4) is 0 Å². The Hall–Kier alpha value is -3.18. The fourth-order valence-electron chi connectivity index (χ4n) is 4.05. The Balaban J connectivity index is 1.40. The van der Waals surface area contributed by atoms with Gasteiger partial charge in [0, 0.05) is 26.2 Å². The average molecular weight is 450 g/mol. The third-order valence-corrected chi connectivity index (χ3v) is 6.09. The van der Waals surface area contributed by atoms with Crippen LogP contribution in [0, 0.1) is 6.92 Å². The zero-order valence-corrected chi connectivity index (χ0v) is 18.2. The number of hydrogen-bond donors (Lipinski definition) is 2. The second kappa shape index (κ2) is 8.06. The molecule has 2 aromatic rings. The predicted octanol–water partition coefficient (Wildman–Crippen LogP) is 2.84. The number of carbonyl (C=O) groups excluding carboxylic acids is 1. The first-order valence-corrected chi connectivity index (χ1v) is 10.4. The number of nitrogens with zero attached hydrogens (tertiary/aromatic N) is 6. The van der Waals surface area contributed by atoms with E-state index in [0.29, 0.717) is 35.4 Å². The van der Waals surface area contributed by atoms with Gasteiger partial charge in [0.25, 0.3) is 0 Å². The molecule has 0 bridgehead atoms. The fraction of sp³-hybridized carbons (Fsp3) is 0.550. The molecule has 0 spiro atoms. The number of rotatable bonds is 5. The largest absolute Gasteiger partial charge is 0.434 e. The minimum atomic E-state index is -4.50. The van der Waals surface area contributed by atoms with Crippen molar-refractivity contribution in [2.24, 2.45) is 0 Å². The second-order valence-corrected chi connectivity index (χ2v) is 8.19. The van der Waals surface area contributed by atoms with Crippen molar-refractivity contribution in [1.29, 1.82) is 0 Å². The maximum absolute atomic E-state index is 12.7. The van der Waals surface area contributed by atoms with Crippen molar-refractivity contribution < 1.29 is 18.0 Å². The van der Waals surface area contributed by atoms with Crippen LogP contribution in [-0.4, -0.2) is 58.1 Å². The van der Waals surface area contributed by atoms with Crippen LogP contribution in [0.15, 0.2) is 12.4 Å². The van der Waals surface area contributed by atoms with Crippen LogP contribution >= 0.6 is 0 Å². The molecule has 0 aromatic carbocycles. The van der Waals surface area contributed by atoms with E-state index in [-0.39, 0.29) is 24.0 Å². The van der Waals surface area contributed by atoms with Crippen LogP contribution in [0.2, 0.25) is 0 Å². The van der Waals surface area contributed by atoms with Crippen LogP contribution in [-0.2, 0) is 11.0 Å². The number of aromatic nitrogens is 4. The van der Waals surface area contributed by atoms with Crippen LogP contribution in [0.1, 0.15) is 37.6 Å². The van der Waals surface area contributed by atoms with E-state index in [2.05, 4.69) is 30.6 Å². The summed E-state index contributed by atoms with van der Waals surface area (Å²) in [5.74, 6) is 1.50. The zero-order chi connectivity index (χ0) is 23.2. The highest BCUT2D eigenvalue weighted by atomic mass is 19.4. The molecule has 12 heteroatoms. The lowest BCUT2D eigenvalue weighted by Gasteiger charge is -2.42. The molecule has 4 rings (SSSR count). The molecule has 1 aliphatic carbocycles. The molecule has 1 fully saturated rings. The Morgan fingerprint density at radius 1 is 1.25 bits per heavy atom. The van der Waals surface area contributed by atoms with Gasteiger partial charge in [-0.25, -0.2) is 15.0 Å². The van der Waals surface area contributed by atoms with Crippen LogP contribution in [0.25, 0.3) is 0 Å². The van der Waals surface area contributed by atoms with Crippen molar-refractivity contribution in [1.82, 2.24) is 19.9 Å². The molecular weight excluding hydrogens is 425 g/mol. The molecule has 2 N–H and O–H groups in total. The monoisotopic (exact) mass is 450 g/mol. The summed E-state index contributed by atoms with van der Waals surface area (Å²) in [6, 6.07) is -0.0484. The van der Waals surface area contributed by atoms with Crippen LogP contribution in [0.3, 0.4) is 0 Å². The maximum Gasteiger partial charge on any atom is 0.434 e. The number of aryl methyl sites for hydroxylation is 1. The summed E-state index contributed by atoms with van der Waals surface area (Å²) in [6.45, 7) is 3.78. The van der Waals surface area contributed by atoms with Crippen LogP contribution < -0.4 is 20.4 Å². The number of halogens is 3. The quantitative estimate of drug-likeness (QED) is 0.718. The first-order valence-electron chi connectivity index (χ1n) is 10.4. The van der Waals surface area contributed by atoms with Gasteiger partial charge in [-0.2, -0.15) is 18.2 Å². The Morgan fingerprint density at radius 3 is 2.56 bits per heavy atom. The van der Waals surface area contributed by atoms with Gasteiger partial charge < -0.3 is 20.4 Å². The van der Waals surface area contributed by atoms with E-state index >= 15 is 0 Å². The van der Waals surface area contributed by atoms with Gasteiger partial charge in [0.1, 0.15) is 17.5 Å². The number of carbonyl (C=O) groups is 1. The minimum absolute atomic E-state index is 0.0638. The van der Waals surface area contributed by atoms with E-state index < -0.39 is 11.9 Å².